The Labute approximate surface area is 158 Å². The Morgan fingerprint density at radius 1 is 1.04 bits per heavy atom. The Morgan fingerprint density at radius 2 is 1.70 bits per heavy atom. The number of halogens is 1. The first-order chi connectivity index (χ1) is 13.0. The van der Waals surface area contributed by atoms with Gasteiger partial charge in [0.2, 0.25) is 11.8 Å². The molecule has 2 aliphatic rings. The fourth-order valence-corrected chi connectivity index (χ4v) is 3.24. The average Bonchev–Trinajstić information content (AvgIpc) is 3.51. The standard InChI is InChI=1S/C20H26FN3O3/c21-16-7-5-15(6-8-16)20(27)23-17-9-12-24(13-10-17)18(25)2-1-11-22-19(26)14-3-4-14/h5-8,14,17H,1-4,9-13H2,(H,22,26)(H,23,27). The van der Waals surface area contributed by atoms with Gasteiger partial charge in [-0.15, -0.1) is 0 Å². The number of piperidine rings is 1. The van der Waals surface area contributed by atoms with E-state index in [1.54, 1.807) is 0 Å². The van der Waals surface area contributed by atoms with Crippen LogP contribution in [0.1, 0.15) is 48.9 Å². The minimum atomic E-state index is -0.370. The van der Waals surface area contributed by atoms with Crippen molar-refractivity contribution in [3.05, 3.63) is 35.6 Å². The van der Waals surface area contributed by atoms with Gasteiger partial charge in [-0.1, -0.05) is 0 Å². The highest BCUT2D eigenvalue weighted by molar-refractivity contribution is 5.94. The van der Waals surface area contributed by atoms with E-state index >= 15 is 0 Å². The molecule has 0 aromatic heterocycles. The SMILES string of the molecule is O=C(NC1CCN(C(=O)CCCNC(=O)C2CC2)CC1)c1ccc(F)cc1. The fraction of sp³-hybridized carbons (Fsp3) is 0.550. The average molecular weight is 375 g/mol. The molecule has 3 amide bonds. The third kappa shape index (κ3) is 5.77. The molecule has 0 unspecified atom stereocenters. The lowest BCUT2D eigenvalue weighted by atomic mass is 10.0. The topological polar surface area (TPSA) is 78.5 Å². The second-order valence-electron chi connectivity index (χ2n) is 7.30. The molecule has 6 nitrogen and oxygen atoms in total. The van der Waals surface area contributed by atoms with Crippen LogP contribution in [0.2, 0.25) is 0 Å². The molecule has 1 aromatic carbocycles. The molecule has 1 saturated carbocycles. The largest absolute Gasteiger partial charge is 0.356 e. The lowest BCUT2D eigenvalue weighted by molar-refractivity contribution is -0.132. The molecule has 0 bridgehead atoms. The predicted molar refractivity (Wildman–Crippen MR) is 98.4 cm³/mol. The van der Waals surface area contributed by atoms with Gasteiger partial charge in [-0.2, -0.15) is 0 Å². The summed E-state index contributed by atoms with van der Waals surface area (Å²) in [5.41, 5.74) is 0.433. The summed E-state index contributed by atoms with van der Waals surface area (Å²) in [6.45, 7) is 1.77. The van der Waals surface area contributed by atoms with Crippen molar-refractivity contribution in [1.82, 2.24) is 15.5 Å². The van der Waals surface area contributed by atoms with Gasteiger partial charge in [0, 0.05) is 43.6 Å². The van der Waals surface area contributed by atoms with E-state index in [2.05, 4.69) is 10.6 Å². The van der Waals surface area contributed by atoms with E-state index in [-0.39, 0.29) is 35.5 Å². The number of nitrogens with zero attached hydrogens (tertiary/aromatic N) is 1. The molecule has 0 radical (unpaired) electrons. The Bertz CT molecular complexity index is 680. The molecule has 2 N–H and O–H groups in total. The molecule has 7 heteroatoms. The minimum Gasteiger partial charge on any atom is -0.356 e. The number of rotatable bonds is 7. The van der Waals surface area contributed by atoms with Gasteiger partial charge in [0.25, 0.3) is 5.91 Å². The quantitative estimate of drug-likeness (QED) is 0.714. The highest BCUT2D eigenvalue weighted by Gasteiger charge is 2.29. The van der Waals surface area contributed by atoms with E-state index in [9.17, 15) is 18.8 Å². The summed E-state index contributed by atoms with van der Waals surface area (Å²) in [7, 11) is 0. The van der Waals surface area contributed by atoms with Crippen LogP contribution in [-0.2, 0) is 9.59 Å². The normalized spacial score (nSPS) is 17.4. The van der Waals surface area contributed by atoms with E-state index in [1.807, 2.05) is 4.90 Å². The number of carbonyl (C=O) groups is 3. The maximum Gasteiger partial charge on any atom is 0.251 e. The Morgan fingerprint density at radius 3 is 2.33 bits per heavy atom. The summed E-state index contributed by atoms with van der Waals surface area (Å²) in [6, 6.07) is 5.48. The van der Waals surface area contributed by atoms with Crippen LogP contribution in [0.4, 0.5) is 4.39 Å². The van der Waals surface area contributed by atoms with Crippen LogP contribution in [0.5, 0.6) is 0 Å². The number of carbonyl (C=O) groups excluding carboxylic acids is 3. The second kappa shape index (κ2) is 8.97. The molecule has 1 heterocycles. The van der Waals surface area contributed by atoms with Gasteiger partial charge in [0.05, 0.1) is 0 Å². The molecule has 2 fully saturated rings. The highest BCUT2D eigenvalue weighted by Crippen LogP contribution is 2.28. The van der Waals surface area contributed by atoms with Gasteiger partial charge >= 0.3 is 0 Å². The Kier molecular flexibility index (Phi) is 6.42. The van der Waals surface area contributed by atoms with Gasteiger partial charge in [-0.25, -0.2) is 4.39 Å². The van der Waals surface area contributed by atoms with E-state index in [0.717, 1.165) is 12.8 Å². The summed E-state index contributed by atoms with van der Waals surface area (Å²) in [6.07, 6.45) is 4.46. The van der Waals surface area contributed by atoms with E-state index < -0.39 is 0 Å². The molecule has 1 saturated heterocycles. The van der Waals surface area contributed by atoms with Crippen molar-refractivity contribution >= 4 is 17.7 Å². The molecule has 27 heavy (non-hydrogen) atoms. The molecule has 3 rings (SSSR count). The van der Waals surface area contributed by atoms with E-state index in [0.29, 0.717) is 50.9 Å². The van der Waals surface area contributed by atoms with Crippen molar-refractivity contribution in [3.8, 4) is 0 Å². The summed E-state index contributed by atoms with van der Waals surface area (Å²) in [5, 5.41) is 5.82. The van der Waals surface area contributed by atoms with Crippen molar-refractivity contribution in [3.63, 3.8) is 0 Å². The van der Waals surface area contributed by atoms with Crippen LogP contribution in [0, 0.1) is 11.7 Å². The fourth-order valence-electron chi connectivity index (χ4n) is 3.24. The lowest BCUT2D eigenvalue weighted by Gasteiger charge is -2.32. The van der Waals surface area contributed by atoms with Crippen LogP contribution in [0.25, 0.3) is 0 Å². The molecule has 146 valence electrons. The van der Waals surface area contributed by atoms with Crippen LogP contribution in [0.15, 0.2) is 24.3 Å². The summed E-state index contributed by atoms with van der Waals surface area (Å²) >= 11 is 0. The maximum absolute atomic E-state index is 12.9. The maximum atomic E-state index is 12.9. The lowest BCUT2D eigenvalue weighted by Crippen LogP contribution is -2.46. The first-order valence-electron chi connectivity index (χ1n) is 9.65. The van der Waals surface area contributed by atoms with Gasteiger partial charge in [0.1, 0.15) is 5.82 Å². The third-order valence-corrected chi connectivity index (χ3v) is 5.10. The van der Waals surface area contributed by atoms with Crippen LogP contribution in [-0.4, -0.2) is 48.3 Å². The predicted octanol–water partition coefficient (Wildman–Crippen LogP) is 1.85. The van der Waals surface area contributed by atoms with Crippen molar-refractivity contribution in [2.45, 2.75) is 44.6 Å². The van der Waals surface area contributed by atoms with Crippen molar-refractivity contribution in [2.24, 2.45) is 5.92 Å². The molecule has 1 aliphatic heterocycles. The number of hydrogen-bond acceptors (Lipinski definition) is 3. The van der Waals surface area contributed by atoms with Crippen LogP contribution >= 0.6 is 0 Å². The molecule has 0 atom stereocenters. The second-order valence-corrected chi connectivity index (χ2v) is 7.30. The number of hydrogen-bond donors (Lipinski definition) is 2. The first kappa shape index (κ1) is 19.3. The van der Waals surface area contributed by atoms with Gasteiger partial charge in [-0.05, 0) is 56.4 Å². The van der Waals surface area contributed by atoms with Gasteiger partial charge < -0.3 is 15.5 Å². The minimum absolute atomic E-state index is 0.0180. The summed E-state index contributed by atoms with van der Waals surface area (Å²) in [5.74, 6) is -0.180. The smallest absolute Gasteiger partial charge is 0.251 e. The van der Waals surface area contributed by atoms with Crippen molar-refractivity contribution in [1.29, 1.82) is 0 Å². The highest BCUT2D eigenvalue weighted by atomic mass is 19.1. The number of likely N-dealkylation sites (tertiary alicyclic amines) is 1. The molecule has 0 spiro atoms. The van der Waals surface area contributed by atoms with Crippen molar-refractivity contribution < 1.29 is 18.8 Å². The van der Waals surface area contributed by atoms with Gasteiger partial charge in [0.15, 0.2) is 0 Å². The summed E-state index contributed by atoms with van der Waals surface area (Å²) < 4.78 is 12.9. The number of nitrogens with one attached hydrogen (secondary N) is 2. The van der Waals surface area contributed by atoms with Crippen LogP contribution in [0.3, 0.4) is 0 Å². The molecule has 1 aliphatic carbocycles. The number of benzene rings is 1. The summed E-state index contributed by atoms with van der Waals surface area (Å²) in [4.78, 5) is 37.8. The zero-order valence-electron chi connectivity index (χ0n) is 15.4. The Balaban J connectivity index is 1.32. The third-order valence-electron chi connectivity index (χ3n) is 5.10. The van der Waals surface area contributed by atoms with E-state index in [1.165, 1.54) is 24.3 Å². The zero-order chi connectivity index (χ0) is 19.2. The molecular weight excluding hydrogens is 349 g/mol. The first-order valence-corrected chi connectivity index (χ1v) is 9.65. The zero-order valence-corrected chi connectivity index (χ0v) is 15.4. The van der Waals surface area contributed by atoms with E-state index in [4.69, 9.17) is 0 Å². The molecular formula is C20H26FN3O3. The van der Waals surface area contributed by atoms with Crippen LogP contribution < -0.4 is 10.6 Å². The monoisotopic (exact) mass is 375 g/mol. The Hall–Kier alpha value is -2.44. The number of amides is 3. The van der Waals surface area contributed by atoms with Crippen molar-refractivity contribution in [2.75, 3.05) is 19.6 Å². The molecule has 1 aromatic rings. The van der Waals surface area contributed by atoms with Gasteiger partial charge in [-0.3, -0.25) is 14.4 Å².